The lowest BCUT2D eigenvalue weighted by atomic mass is 10.1. The van der Waals surface area contributed by atoms with E-state index < -0.39 is 57.7 Å². The summed E-state index contributed by atoms with van der Waals surface area (Å²) in [7, 11) is -4.75. The van der Waals surface area contributed by atoms with Gasteiger partial charge in [-0.1, -0.05) is 144 Å². The maximum absolute atomic E-state index is 12.6. The van der Waals surface area contributed by atoms with Crippen LogP contribution in [0.3, 0.4) is 0 Å². The molecule has 0 aliphatic rings. The molecule has 0 aromatic heterocycles. The van der Waals surface area contributed by atoms with Gasteiger partial charge in [-0.15, -0.1) is 0 Å². The maximum atomic E-state index is 12.6. The van der Waals surface area contributed by atoms with E-state index in [1.54, 1.807) is 0 Å². The van der Waals surface area contributed by atoms with Crippen molar-refractivity contribution in [3.63, 3.8) is 0 Å². The highest BCUT2D eigenvalue weighted by Gasteiger charge is 2.28. The first kappa shape index (κ1) is 54.7. The molecule has 4 N–H and O–H groups in total. The molecule has 3 atom stereocenters. The Bertz CT molecular complexity index is 1300. The van der Waals surface area contributed by atoms with Crippen LogP contribution >= 0.6 is 7.82 Å². The Morgan fingerprint density at radius 3 is 1.40 bits per heavy atom. The number of carbonyl (C=O) groups excluding carboxylic acids is 2. The van der Waals surface area contributed by atoms with Crippen molar-refractivity contribution in [2.45, 2.75) is 167 Å². The number of unbranched alkanes of at least 4 members (excludes halogenated alkanes) is 11. The zero-order valence-electron chi connectivity index (χ0n) is 35.6. The van der Waals surface area contributed by atoms with E-state index >= 15 is 0 Å². The molecule has 0 saturated carbocycles. The molecule has 0 aliphatic carbocycles. The van der Waals surface area contributed by atoms with Crippen LogP contribution in [0.5, 0.6) is 0 Å². The lowest BCUT2D eigenvalue weighted by Gasteiger charge is -2.20. The minimum Gasteiger partial charge on any atom is -0.480 e. The van der Waals surface area contributed by atoms with Gasteiger partial charge in [-0.25, -0.2) is 4.57 Å². The number of carboxylic acid groups (broad SMARTS) is 1. The first-order valence-electron chi connectivity index (χ1n) is 21.6. The van der Waals surface area contributed by atoms with E-state index in [-0.39, 0.29) is 12.8 Å². The second kappa shape index (κ2) is 40.4. The van der Waals surface area contributed by atoms with Crippen molar-refractivity contribution in [2.75, 3.05) is 19.8 Å². The zero-order chi connectivity index (χ0) is 42.8. The maximum Gasteiger partial charge on any atom is 0.472 e. The summed E-state index contributed by atoms with van der Waals surface area (Å²) < 4.78 is 32.6. The van der Waals surface area contributed by atoms with Gasteiger partial charge >= 0.3 is 25.7 Å². The van der Waals surface area contributed by atoms with E-state index in [2.05, 4.69) is 79.1 Å². The van der Waals surface area contributed by atoms with Crippen LogP contribution in [0.2, 0.25) is 0 Å². The van der Waals surface area contributed by atoms with Crippen LogP contribution in [-0.4, -0.2) is 59.9 Å². The number of hydrogen-bond donors (Lipinski definition) is 3. The summed E-state index contributed by atoms with van der Waals surface area (Å²) in [6.07, 6.45) is 49.5. The Morgan fingerprint density at radius 2 is 0.914 bits per heavy atom. The lowest BCUT2D eigenvalue weighted by molar-refractivity contribution is -0.161. The standard InChI is InChI=1S/C46H76NO10P/c1-3-5-7-9-11-13-15-17-19-21-23-25-27-29-31-33-35-37-44(48)54-39-42(40-55-58(52,53)56-41-43(47)46(50)51)57-45(49)38-36-34-32-30-28-26-24-22-20-18-16-14-12-10-8-6-4-2/h11,13,17-20,23-26,29-32,42-43H,3-10,12,14-16,21-22,27-28,33-41,47H2,1-2H3,(H,50,51)(H,52,53)/b13-11-,19-17-,20-18-,25-23-,26-24-,31-29-,32-30-/t42-,43+/m1/s1. The van der Waals surface area contributed by atoms with Gasteiger partial charge in [-0.2, -0.15) is 0 Å². The third-order valence-electron chi connectivity index (χ3n) is 8.62. The number of nitrogens with two attached hydrogens (primary N) is 1. The fourth-order valence-electron chi connectivity index (χ4n) is 5.19. The van der Waals surface area contributed by atoms with Gasteiger partial charge in [0.25, 0.3) is 0 Å². The SMILES string of the molecule is CCCCC/C=C\C/C=C\C/C=C\C/C=C\CCCC(=O)OC[C@H](COP(=O)(O)OC[C@H](N)C(=O)O)OC(=O)CCC/C=C\C/C=C\C/C=C\CCCCCCCC. The molecular formula is C46H76NO10P. The molecule has 0 aliphatic heterocycles. The smallest absolute Gasteiger partial charge is 0.472 e. The fourth-order valence-corrected chi connectivity index (χ4v) is 5.97. The fraction of sp³-hybridized carbons (Fsp3) is 0.630. The first-order valence-corrected chi connectivity index (χ1v) is 23.1. The topological polar surface area (TPSA) is 172 Å². The molecule has 58 heavy (non-hydrogen) atoms. The van der Waals surface area contributed by atoms with Gasteiger partial charge in [0, 0.05) is 12.8 Å². The van der Waals surface area contributed by atoms with Crippen LogP contribution in [0.1, 0.15) is 155 Å². The number of aliphatic carboxylic acids is 1. The van der Waals surface area contributed by atoms with Crippen LogP contribution < -0.4 is 5.73 Å². The van der Waals surface area contributed by atoms with Crippen LogP contribution in [0.25, 0.3) is 0 Å². The second-order valence-electron chi connectivity index (χ2n) is 14.1. The van der Waals surface area contributed by atoms with Crippen molar-refractivity contribution in [1.82, 2.24) is 0 Å². The van der Waals surface area contributed by atoms with E-state index in [0.29, 0.717) is 25.7 Å². The van der Waals surface area contributed by atoms with Gasteiger partial charge in [0.2, 0.25) is 0 Å². The molecule has 0 heterocycles. The molecule has 0 saturated heterocycles. The molecule has 0 aromatic carbocycles. The molecule has 0 fully saturated rings. The summed E-state index contributed by atoms with van der Waals surface area (Å²) >= 11 is 0. The minimum atomic E-state index is -4.75. The zero-order valence-corrected chi connectivity index (χ0v) is 36.5. The molecule has 0 aromatic rings. The van der Waals surface area contributed by atoms with Crippen molar-refractivity contribution >= 4 is 25.7 Å². The third-order valence-corrected chi connectivity index (χ3v) is 9.57. The van der Waals surface area contributed by atoms with Crippen molar-refractivity contribution < 1.29 is 47.5 Å². The summed E-state index contributed by atoms with van der Waals surface area (Å²) in [6, 6.07) is -1.54. The van der Waals surface area contributed by atoms with E-state index in [1.807, 2.05) is 24.3 Å². The molecule has 330 valence electrons. The minimum absolute atomic E-state index is 0.0733. The number of allylic oxidation sites excluding steroid dienone is 14. The van der Waals surface area contributed by atoms with Crippen LogP contribution in [-0.2, 0) is 37.5 Å². The average Bonchev–Trinajstić information content (AvgIpc) is 3.20. The van der Waals surface area contributed by atoms with Gasteiger partial charge < -0.3 is 25.2 Å². The molecule has 0 bridgehead atoms. The first-order chi connectivity index (χ1) is 28.1. The van der Waals surface area contributed by atoms with Crippen molar-refractivity contribution in [3.8, 4) is 0 Å². The highest BCUT2D eigenvalue weighted by Crippen LogP contribution is 2.43. The largest absolute Gasteiger partial charge is 0.480 e. The number of phosphoric acid groups is 1. The van der Waals surface area contributed by atoms with Crippen LogP contribution in [0, 0.1) is 0 Å². The molecule has 0 rings (SSSR count). The van der Waals surface area contributed by atoms with Gasteiger partial charge in [0.15, 0.2) is 6.10 Å². The predicted molar refractivity (Wildman–Crippen MR) is 235 cm³/mol. The van der Waals surface area contributed by atoms with E-state index in [1.165, 1.54) is 57.8 Å². The monoisotopic (exact) mass is 834 g/mol. The van der Waals surface area contributed by atoms with E-state index in [4.69, 9.17) is 24.8 Å². The molecule has 12 heteroatoms. The van der Waals surface area contributed by atoms with Crippen molar-refractivity contribution in [3.05, 3.63) is 85.1 Å². The predicted octanol–water partition coefficient (Wildman–Crippen LogP) is 11.5. The summed E-state index contributed by atoms with van der Waals surface area (Å²) in [5, 5.41) is 8.88. The number of esters is 2. The van der Waals surface area contributed by atoms with E-state index in [9.17, 15) is 23.8 Å². The van der Waals surface area contributed by atoms with Gasteiger partial charge in [-0.3, -0.25) is 23.4 Å². The quantitative estimate of drug-likeness (QED) is 0.0233. The molecule has 11 nitrogen and oxygen atoms in total. The number of hydrogen-bond acceptors (Lipinski definition) is 9. The molecule has 0 spiro atoms. The van der Waals surface area contributed by atoms with Crippen molar-refractivity contribution in [2.24, 2.45) is 5.73 Å². The molecule has 0 radical (unpaired) electrons. The van der Waals surface area contributed by atoms with Crippen LogP contribution in [0.4, 0.5) is 0 Å². The number of carboxylic acids is 1. The summed E-state index contributed by atoms with van der Waals surface area (Å²) in [4.78, 5) is 45.9. The third kappa shape index (κ3) is 39.5. The Balaban J connectivity index is 4.57. The van der Waals surface area contributed by atoms with Gasteiger partial charge in [0.1, 0.15) is 12.6 Å². The van der Waals surface area contributed by atoms with Gasteiger partial charge in [-0.05, 0) is 83.5 Å². The Kier molecular flexibility index (Phi) is 38.1. The number of rotatable bonds is 39. The molecular weight excluding hydrogens is 757 g/mol. The summed E-state index contributed by atoms with van der Waals surface area (Å²) in [5.74, 6) is -2.53. The molecule has 0 amide bonds. The Hall–Kier alpha value is -3.34. The average molecular weight is 834 g/mol. The van der Waals surface area contributed by atoms with E-state index in [0.717, 1.165) is 44.9 Å². The van der Waals surface area contributed by atoms with Crippen LogP contribution in [0.15, 0.2) is 85.1 Å². The Labute approximate surface area is 350 Å². The highest BCUT2D eigenvalue weighted by atomic mass is 31.2. The van der Waals surface area contributed by atoms with Crippen molar-refractivity contribution in [1.29, 1.82) is 0 Å². The normalized spacial score (nSPS) is 14.6. The summed E-state index contributed by atoms with van der Waals surface area (Å²) in [6.45, 7) is 2.64. The highest BCUT2D eigenvalue weighted by molar-refractivity contribution is 7.47. The Morgan fingerprint density at radius 1 is 0.534 bits per heavy atom. The molecule has 1 unspecified atom stereocenters. The number of carbonyl (C=O) groups is 3. The number of ether oxygens (including phenoxy) is 2. The second-order valence-corrected chi connectivity index (χ2v) is 15.6. The number of phosphoric ester groups is 1. The van der Waals surface area contributed by atoms with Gasteiger partial charge in [0.05, 0.1) is 13.2 Å². The summed E-state index contributed by atoms with van der Waals surface area (Å²) in [5.41, 5.74) is 5.32. The lowest BCUT2D eigenvalue weighted by Crippen LogP contribution is -2.34.